The maximum Gasteiger partial charge on any atom is 0.317 e. The molecular weight excluding hydrogens is 1410 g/mol. The number of azide groups is 1. The van der Waals surface area contributed by atoms with E-state index in [-0.39, 0.29) is 25.0 Å². The van der Waals surface area contributed by atoms with E-state index in [0.29, 0.717) is 355 Å². The Labute approximate surface area is 637 Å². The molecule has 0 fully saturated rings. The van der Waals surface area contributed by atoms with Crippen molar-refractivity contribution < 1.29 is 143 Å². The molecule has 0 aromatic carbocycles. The summed E-state index contributed by atoms with van der Waals surface area (Å²) in [5, 5.41) is 31.5. The number of unbranched alkanes of at least 4 members (excludes halogenated alkanes) is 14. The first-order valence-corrected chi connectivity index (χ1v) is 39.3. The molecule has 0 saturated heterocycles. The molecule has 33 nitrogen and oxygen atoms in total. The SMILES string of the molecule is [N-]=[N+]=NCCOCCOCCOCCOCCOCCOCCOCCOCCOCCOCCOCCOCCOCCOCCOCCOCCOCCOCCOCCOCCOCCOCCOCCCC(=O)C(CCCCCCCCCCC(=O)O)(CCCCCCCCCCC(=O)O)C(=O)O. The second kappa shape index (κ2) is 89.7. The molecule has 0 aliphatic rings. The van der Waals surface area contributed by atoms with Gasteiger partial charge in [0.05, 0.1) is 297 Å². The van der Waals surface area contributed by atoms with Gasteiger partial charge in [-0.25, -0.2) is 0 Å². The molecule has 0 rings (SSSR count). The largest absolute Gasteiger partial charge is 0.481 e. The fraction of sp³-hybridized carbons (Fsp3) is 0.946. The summed E-state index contributed by atoms with van der Waals surface area (Å²) in [6, 6.07) is 0. The van der Waals surface area contributed by atoms with E-state index >= 15 is 0 Å². The quantitative estimate of drug-likeness (QED) is 0.0170. The number of carbonyl (C=O) groups excluding carboxylic acids is 1. The molecule has 0 aromatic heterocycles. The maximum atomic E-state index is 13.7. The summed E-state index contributed by atoms with van der Waals surface area (Å²) in [6.45, 7) is 21.1. The number of hydrogen-bond donors (Lipinski definition) is 3. The minimum atomic E-state index is -1.40. The van der Waals surface area contributed by atoms with Gasteiger partial charge >= 0.3 is 17.9 Å². The average Bonchev–Trinajstić information content (AvgIpc) is 0.819. The van der Waals surface area contributed by atoms with Crippen molar-refractivity contribution >= 4 is 23.7 Å². The number of ether oxygens (including phenoxy) is 23. The number of hydrogen-bond acceptors (Lipinski definition) is 28. The third-order valence-electron chi connectivity index (χ3n) is 15.7. The van der Waals surface area contributed by atoms with Crippen LogP contribution >= 0.6 is 0 Å². The van der Waals surface area contributed by atoms with Crippen molar-refractivity contribution in [2.75, 3.05) is 310 Å². The molecule has 0 saturated carbocycles. The van der Waals surface area contributed by atoms with Crippen molar-refractivity contribution in [3.05, 3.63) is 10.4 Å². The molecule has 3 N–H and O–H groups in total. The highest BCUT2D eigenvalue weighted by Crippen LogP contribution is 2.35. The minimum absolute atomic E-state index is 0.138. The lowest BCUT2D eigenvalue weighted by atomic mass is 9.73. The summed E-state index contributed by atoms with van der Waals surface area (Å²) in [7, 11) is 0. The topological polar surface area (TPSA) is 390 Å². The van der Waals surface area contributed by atoms with E-state index in [9.17, 15) is 24.3 Å². The number of ketones is 1. The van der Waals surface area contributed by atoms with Gasteiger partial charge in [0.2, 0.25) is 0 Å². The molecule has 632 valence electrons. The second-order valence-corrected chi connectivity index (χ2v) is 24.4. The number of Topliss-reactive ketones (excluding diaryl/α,β-unsaturated/α-hetero) is 1. The molecule has 0 aromatic rings. The van der Waals surface area contributed by atoms with Crippen LogP contribution in [-0.4, -0.2) is 349 Å². The zero-order valence-corrected chi connectivity index (χ0v) is 65.0. The first-order valence-electron chi connectivity index (χ1n) is 39.3. The first kappa shape index (κ1) is 103. The van der Waals surface area contributed by atoms with Crippen LogP contribution in [0.15, 0.2) is 5.11 Å². The fourth-order valence-electron chi connectivity index (χ4n) is 9.93. The molecule has 0 unspecified atom stereocenters. The standard InChI is InChI=1S/C74H141N3O30/c75-77-76-23-25-86-27-29-88-31-33-90-35-37-92-39-41-94-43-45-96-47-49-98-51-53-100-55-57-102-59-61-104-63-65-106-67-69-107-68-66-105-64-62-103-60-58-101-56-54-99-52-50-97-48-46-95-44-42-93-40-38-91-36-34-89-32-30-87-28-26-85-24-17-18-70(78)74(73(83)84,21-15-11-7-3-1-5-9-13-19-71(79)80)22-16-12-8-4-2-6-10-14-20-72(81)82/h1-69H2,(H,79,80)(H,81,82)(H,83,84). The predicted octanol–water partition coefficient (Wildman–Crippen LogP) is 8.07. The molecule has 0 heterocycles. The van der Waals surface area contributed by atoms with Gasteiger partial charge in [-0.15, -0.1) is 0 Å². The van der Waals surface area contributed by atoms with Crippen LogP contribution in [0.3, 0.4) is 0 Å². The van der Waals surface area contributed by atoms with E-state index < -0.39 is 23.3 Å². The van der Waals surface area contributed by atoms with Gasteiger partial charge in [-0.3, -0.25) is 19.2 Å². The van der Waals surface area contributed by atoms with Gasteiger partial charge in [-0.2, -0.15) is 0 Å². The number of carboxylic acid groups (broad SMARTS) is 3. The second-order valence-electron chi connectivity index (χ2n) is 24.4. The average molecular weight is 1550 g/mol. The number of carboxylic acids is 3. The van der Waals surface area contributed by atoms with E-state index in [4.69, 9.17) is 125 Å². The molecule has 0 radical (unpaired) electrons. The molecular formula is C74H141N3O30. The Kier molecular flexibility index (Phi) is 86.7. The Bertz CT molecular complexity index is 1870. The van der Waals surface area contributed by atoms with Crippen LogP contribution in [0, 0.1) is 5.41 Å². The number of carbonyl (C=O) groups is 4. The van der Waals surface area contributed by atoms with Crippen molar-refractivity contribution in [2.24, 2.45) is 10.5 Å². The summed E-state index contributed by atoms with van der Waals surface area (Å²) >= 11 is 0. The zero-order chi connectivity index (χ0) is 77.3. The van der Waals surface area contributed by atoms with E-state index in [1.54, 1.807) is 0 Å². The van der Waals surface area contributed by atoms with Crippen molar-refractivity contribution in [1.82, 2.24) is 0 Å². The third kappa shape index (κ3) is 83.2. The third-order valence-corrected chi connectivity index (χ3v) is 15.7. The van der Waals surface area contributed by atoms with Crippen molar-refractivity contribution in [2.45, 2.75) is 141 Å². The normalized spacial score (nSPS) is 11.7. The van der Waals surface area contributed by atoms with Gasteiger partial charge in [-0.05, 0) is 37.6 Å². The van der Waals surface area contributed by atoms with E-state index in [1.165, 1.54) is 0 Å². The summed E-state index contributed by atoms with van der Waals surface area (Å²) < 4.78 is 127. The summed E-state index contributed by atoms with van der Waals surface area (Å²) in [4.78, 5) is 50.7. The van der Waals surface area contributed by atoms with E-state index in [2.05, 4.69) is 10.0 Å². The highest BCUT2D eigenvalue weighted by Gasteiger charge is 2.44. The Balaban J connectivity index is 3.46. The van der Waals surface area contributed by atoms with Crippen molar-refractivity contribution in [1.29, 1.82) is 0 Å². The monoisotopic (exact) mass is 1550 g/mol. The van der Waals surface area contributed by atoms with E-state index in [1.807, 2.05) is 0 Å². The van der Waals surface area contributed by atoms with Crippen LogP contribution in [0.5, 0.6) is 0 Å². The number of rotatable bonds is 97. The Hall–Kier alpha value is -3.53. The molecule has 33 heteroatoms. The minimum Gasteiger partial charge on any atom is -0.481 e. The van der Waals surface area contributed by atoms with Crippen LogP contribution in [0.25, 0.3) is 10.4 Å². The molecule has 0 atom stereocenters. The summed E-state index contributed by atoms with van der Waals surface area (Å²) in [6.07, 6.45) is 15.7. The van der Waals surface area contributed by atoms with Gasteiger partial charge in [0.25, 0.3) is 0 Å². The molecule has 0 amide bonds. The Morgan fingerprint density at radius 2 is 0.393 bits per heavy atom. The molecule has 0 aliphatic heterocycles. The highest BCUT2D eigenvalue weighted by molar-refractivity contribution is 6.03. The molecule has 0 aliphatic carbocycles. The predicted molar refractivity (Wildman–Crippen MR) is 395 cm³/mol. The fourth-order valence-corrected chi connectivity index (χ4v) is 9.93. The van der Waals surface area contributed by atoms with Crippen LogP contribution in [0.1, 0.15) is 141 Å². The van der Waals surface area contributed by atoms with Crippen molar-refractivity contribution in [3.8, 4) is 0 Å². The van der Waals surface area contributed by atoms with Gasteiger partial charge < -0.3 is 124 Å². The summed E-state index contributed by atoms with van der Waals surface area (Å²) in [5.74, 6) is -2.80. The Morgan fingerprint density at radius 3 is 0.570 bits per heavy atom. The van der Waals surface area contributed by atoms with Gasteiger partial charge in [0.1, 0.15) is 11.2 Å². The molecule has 107 heavy (non-hydrogen) atoms. The van der Waals surface area contributed by atoms with Gasteiger partial charge in [-0.1, -0.05) is 95.0 Å². The van der Waals surface area contributed by atoms with E-state index in [0.717, 1.165) is 77.0 Å². The smallest absolute Gasteiger partial charge is 0.317 e. The van der Waals surface area contributed by atoms with Crippen molar-refractivity contribution in [3.63, 3.8) is 0 Å². The first-order chi connectivity index (χ1) is 52.8. The highest BCUT2D eigenvalue weighted by atomic mass is 16.6. The van der Waals surface area contributed by atoms with Crippen LogP contribution in [-0.2, 0) is 128 Å². The Morgan fingerprint density at radius 1 is 0.224 bits per heavy atom. The van der Waals surface area contributed by atoms with Gasteiger partial charge in [0.15, 0.2) is 0 Å². The lowest BCUT2D eigenvalue weighted by Gasteiger charge is -2.28. The zero-order valence-electron chi connectivity index (χ0n) is 65.0. The van der Waals surface area contributed by atoms with Crippen LogP contribution < -0.4 is 0 Å². The lowest BCUT2D eigenvalue weighted by molar-refractivity contribution is -0.156. The molecule has 0 spiro atoms. The van der Waals surface area contributed by atoms with Crippen LogP contribution in [0.2, 0.25) is 0 Å². The number of nitrogens with zero attached hydrogens (tertiary/aromatic N) is 3. The summed E-state index contributed by atoms with van der Waals surface area (Å²) in [5.41, 5.74) is 6.78. The van der Waals surface area contributed by atoms with Crippen LogP contribution in [0.4, 0.5) is 0 Å². The number of aliphatic carboxylic acids is 3. The lowest BCUT2D eigenvalue weighted by Crippen LogP contribution is -2.39. The van der Waals surface area contributed by atoms with Gasteiger partial charge in [0, 0.05) is 37.3 Å². The molecule has 0 bridgehead atoms. The maximum absolute atomic E-state index is 13.7.